The molecule has 1 unspecified atom stereocenters. The second kappa shape index (κ2) is 8.42. The first-order valence-electron chi connectivity index (χ1n) is 9.25. The Morgan fingerprint density at radius 1 is 1.07 bits per heavy atom. The molecule has 1 N–H and O–H groups in total. The van der Waals surface area contributed by atoms with Crippen molar-refractivity contribution in [1.82, 2.24) is 24.5 Å². The number of pyridine rings is 1. The van der Waals surface area contributed by atoms with Gasteiger partial charge in [0.2, 0.25) is 5.88 Å². The molecule has 0 fully saturated rings. The molecule has 1 aromatic carbocycles. The predicted octanol–water partition coefficient (Wildman–Crippen LogP) is 2.77. The summed E-state index contributed by atoms with van der Waals surface area (Å²) >= 11 is 0. The van der Waals surface area contributed by atoms with Crippen LogP contribution in [0.4, 0.5) is 4.39 Å². The Morgan fingerprint density at radius 2 is 1.90 bits per heavy atom. The maximum atomic E-state index is 12.6. The molecule has 1 atom stereocenters. The van der Waals surface area contributed by atoms with E-state index in [-0.39, 0.29) is 12.4 Å². The van der Waals surface area contributed by atoms with Crippen molar-refractivity contribution >= 4 is 11.2 Å². The number of hydrogen-bond donors (Lipinski definition) is 1. The van der Waals surface area contributed by atoms with Crippen LogP contribution in [0.15, 0.2) is 49.1 Å². The molecule has 30 heavy (non-hydrogen) atoms. The number of benzene rings is 1. The number of ether oxygens (including phenoxy) is 2. The van der Waals surface area contributed by atoms with Gasteiger partial charge in [-0.2, -0.15) is 4.98 Å². The molecule has 0 bridgehead atoms. The molecule has 0 saturated heterocycles. The monoisotopic (exact) mass is 409 g/mol. The number of aromatic nitrogens is 5. The number of para-hydroxylation sites is 1. The predicted molar refractivity (Wildman–Crippen MR) is 109 cm³/mol. The molecule has 0 spiro atoms. The van der Waals surface area contributed by atoms with E-state index >= 15 is 0 Å². The highest BCUT2D eigenvalue weighted by Crippen LogP contribution is 2.34. The van der Waals surface area contributed by atoms with E-state index in [0.29, 0.717) is 22.6 Å². The lowest BCUT2D eigenvalue weighted by molar-refractivity contribution is 0.140. The van der Waals surface area contributed by atoms with E-state index < -0.39 is 12.8 Å². The highest BCUT2D eigenvalue weighted by atomic mass is 19.1. The maximum Gasteiger partial charge on any atom is 0.319 e. The number of methoxy groups -OCH3 is 2. The third-order valence-corrected chi connectivity index (χ3v) is 4.66. The summed E-state index contributed by atoms with van der Waals surface area (Å²) in [5.41, 5.74) is 4.33. The number of nitrogens with zero attached hydrogens (tertiary/aromatic N) is 5. The van der Waals surface area contributed by atoms with Gasteiger partial charge in [0.1, 0.15) is 18.5 Å². The van der Waals surface area contributed by atoms with Gasteiger partial charge in [-0.1, -0.05) is 18.2 Å². The number of alkyl halides is 1. The molecular formula is C21H20FN5O3. The largest absolute Gasteiger partial charge is 0.480 e. The van der Waals surface area contributed by atoms with Crippen molar-refractivity contribution in [1.29, 1.82) is 0 Å². The average molecular weight is 409 g/mol. The summed E-state index contributed by atoms with van der Waals surface area (Å²) in [5, 5.41) is 9.55. The number of halogens is 1. The van der Waals surface area contributed by atoms with Crippen molar-refractivity contribution in [3.05, 3.63) is 54.6 Å². The molecule has 4 rings (SSSR count). The molecule has 8 nitrogen and oxygen atoms in total. The highest BCUT2D eigenvalue weighted by molar-refractivity contribution is 5.80. The Kier molecular flexibility index (Phi) is 5.53. The van der Waals surface area contributed by atoms with E-state index in [9.17, 15) is 9.50 Å². The zero-order valence-electron chi connectivity index (χ0n) is 16.5. The van der Waals surface area contributed by atoms with Crippen LogP contribution in [0, 0.1) is 0 Å². The molecule has 0 saturated carbocycles. The molecule has 3 aromatic heterocycles. The third kappa shape index (κ3) is 3.67. The second-order valence-corrected chi connectivity index (χ2v) is 6.61. The maximum absolute atomic E-state index is 12.6. The van der Waals surface area contributed by atoms with Gasteiger partial charge in [0, 0.05) is 24.4 Å². The smallest absolute Gasteiger partial charge is 0.319 e. The zero-order chi connectivity index (χ0) is 21.1. The number of hydrogen-bond acceptors (Lipinski definition) is 7. The minimum atomic E-state index is -1.05. The Labute approximate surface area is 172 Å². The van der Waals surface area contributed by atoms with E-state index in [1.807, 2.05) is 28.8 Å². The van der Waals surface area contributed by atoms with Gasteiger partial charge in [0.05, 0.1) is 31.6 Å². The van der Waals surface area contributed by atoms with Gasteiger partial charge in [0.15, 0.2) is 5.65 Å². The van der Waals surface area contributed by atoms with Crippen molar-refractivity contribution in [2.45, 2.75) is 12.5 Å². The fourth-order valence-electron chi connectivity index (χ4n) is 3.26. The van der Waals surface area contributed by atoms with Gasteiger partial charge in [-0.15, -0.1) is 0 Å². The summed E-state index contributed by atoms with van der Waals surface area (Å²) < 4.78 is 25.0. The summed E-state index contributed by atoms with van der Waals surface area (Å²) in [4.78, 5) is 17.4. The molecule has 0 aliphatic carbocycles. The average Bonchev–Trinajstić information content (AvgIpc) is 3.21. The Hall–Kier alpha value is -3.59. The van der Waals surface area contributed by atoms with E-state index in [4.69, 9.17) is 9.47 Å². The standard InChI is InChI=1S/C21H20FN5O3/c1-29-20-16(11-24-21(26-20)30-2)15-5-3-4-6-18(15)27-12-25-17-8-13(7-14(28)9-22)10-23-19(17)27/h3-6,8,10-12,14,28H,7,9H2,1-2H3. The van der Waals surface area contributed by atoms with Gasteiger partial charge in [-0.25, -0.2) is 19.3 Å². The Balaban J connectivity index is 1.81. The normalized spacial score (nSPS) is 12.1. The summed E-state index contributed by atoms with van der Waals surface area (Å²) in [6, 6.07) is 9.70. The first-order chi connectivity index (χ1) is 14.6. The number of rotatable bonds is 7. The van der Waals surface area contributed by atoms with Crippen LogP contribution in [-0.4, -0.2) is 56.6 Å². The molecule has 0 amide bonds. The minimum absolute atomic E-state index is 0.184. The first kappa shape index (κ1) is 19.7. The van der Waals surface area contributed by atoms with Gasteiger partial charge in [-0.05, 0) is 17.7 Å². The van der Waals surface area contributed by atoms with E-state index in [1.165, 1.54) is 14.2 Å². The van der Waals surface area contributed by atoms with Crippen LogP contribution in [0.25, 0.3) is 28.0 Å². The van der Waals surface area contributed by atoms with Crippen LogP contribution in [0.1, 0.15) is 5.56 Å². The fourth-order valence-corrected chi connectivity index (χ4v) is 3.26. The van der Waals surface area contributed by atoms with Crippen LogP contribution in [0.5, 0.6) is 11.9 Å². The van der Waals surface area contributed by atoms with Crippen LogP contribution in [0.3, 0.4) is 0 Å². The minimum Gasteiger partial charge on any atom is -0.480 e. The molecular weight excluding hydrogens is 389 g/mol. The summed E-state index contributed by atoms with van der Waals surface area (Å²) in [6.07, 6.45) is 4.08. The quantitative estimate of drug-likeness (QED) is 0.501. The molecule has 4 aromatic rings. The number of aliphatic hydroxyl groups excluding tert-OH is 1. The summed E-state index contributed by atoms with van der Waals surface area (Å²) in [6.45, 7) is -0.800. The Morgan fingerprint density at radius 3 is 2.67 bits per heavy atom. The van der Waals surface area contributed by atoms with Crippen molar-refractivity contribution < 1.29 is 19.0 Å². The van der Waals surface area contributed by atoms with Gasteiger partial charge in [-0.3, -0.25) is 4.57 Å². The SMILES string of the molecule is COc1ncc(-c2ccccc2-n2cnc3cc(CC(O)CF)cnc32)c(OC)n1. The van der Waals surface area contributed by atoms with E-state index in [1.54, 1.807) is 24.8 Å². The van der Waals surface area contributed by atoms with Crippen LogP contribution < -0.4 is 9.47 Å². The highest BCUT2D eigenvalue weighted by Gasteiger charge is 2.17. The molecule has 9 heteroatoms. The van der Waals surface area contributed by atoms with Crippen molar-refractivity contribution in [2.24, 2.45) is 0 Å². The van der Waals surface area contributed by atoms with Crippen LogP contribution >= 0.6 is 0 Å². The Bertz CT molecular complexity index is 1180. The van der Waals surface area contributed by atoms with Crippen LogP contribution in [-0.2, 0) is 6.42 Å². The molecule has 0 radical (unpaired) electrons. The van der Waals surface area contributed by atoms with Gasteiger partial charge < -0.3 is 14.6 Å². The zero-order valence-corrected chi connectivity index (χ0v) is 16.5. The van der Waals surface area contributed by atoms with Crippen molar-refractivity contribution in [3.8, 4) is 28.7 Å². The number of imidazole rings is 1. The first-order valence-corrected chi connectivity index (χ1v) is 9.25. The van der Waals surface area contributed by atoms with Gasteiger partial charge in [0.25, 0.3) is 0 Å². The van der Waals surface area contributed by atoms with Crippen molar-refractivity contribution in [2.75, 3.05) is 20.9 Å². The fraction of sp³-hybridized carbons (Fsp3) is 0.238. The van der Waals surface area contributed by atoms with Gasteiger partial charge >= 0.3 is 6.01 Å². The lowest BCUT2D eigenvalue weighted by Gasteiger charge is -2.13. The molecule has 0 aliphatic heterocycles. The lowest BCUT2D eigenvalue weighted by Crippen LogP contribution is -2.12. The van der Waals surface area contributed by atoms with E-state index in [2.05, 4.69) is 19.9 Å². The summed E-state index contributed by atoms with van der Waals surface area (Å²) in [5.74, 6) is 0.383. The topological polar surface area (TPSA) is 95.2 Å². The van der Waals surface area contributed by atoms with E-state index in [0.717, 1.165) is 16.8 Å². The molecule has 0 aliphatic rings. The second-order valence-electron chi connectivity index (χ2n) is 6.61. The third-order valence-electron chi connectivity index (χ3n) is 4.66. The summed E-state index contributed by atoms with van der Waals surface area (Å²) in [7, 11) is 3.03. The van der Waals surface area contributed by atoms with Crippen LogP contribution in [0.2, 0.25) is 0 Å². The molecule has 3 heterocycles. The molecule has 154 valence electrons. The lowest BCUT2D eigenvalue weighted by atomic mass is 10.1. The van der Waals surface area contributed by atoms with Crippen molar-refractivity contribution in [3.63, 3.8) is 0 Å². The number of aliphatic hydroxyl groups is 1. The number of fused-ring (bicyclic) bond motifs is 1.